The van der Waals surface area contributed by atoms with Gasteiger partial charge in [0.25, 0.3) is 0 Å². The SMILES string of the molecule is CN(C)c1ccc(Nc2nncc(Nc3cccc(C#N)c3)n2)cc1. The second-order valence-corrected chi connectivity index (χ2v) is 5.55. The van der Waals surface area contributed by atoms with Crippen molar-refractivity contribution in [1.29, 1.82) is 5.26 Å². The zero-order chi connectivity index (χ0) is 17.6. The molecule has 0 fully saturated rings. The average molecular weight is 331 g/mol. The van der Waals surface area contributed by atoms with Crippen molar-refractivity contribution in [3.05, 3.63) is 60.3 Å². The molecule has 0 unspecified atom stereocenters. The third-order valence-electron chi connectivity index (χ3n) is 3.46. The van der Waals surface area contributed by atoms with Gasteiger partial charge in [-0.1, -0.05) is 6.07 Å². The number of anilines is 5. The molecule has 0 saturated heterocycles. The first-order valence-corrected chi connectivity index (χ1v) is 7.65. The van der Waals surface area contributed by atoms with E-state index in [2.05, 4.69) is 31.9 Å². The van der Waals surface area contributed by atoms with Crippen LogP contribution in [0.1, 0.15) is 5.56 Å². The molecule has 0 amide bonds. The molecule has 7 nitrogen and oxygen atoms in total. The fraction of sp³-hybridized carbons (Fsp3) is 0.111. The molecule has 0 atom stereocenters. The largest absolute Gasteiger partial charge is 0.378 e. The Morgan fingerprint density at radius 1 is 1.00 bits per heavy atom. The quantitative estimate of drug-likeness (QED) is 0.741. The summed E-state index contributed by atoms with van der Waals surface area (Å²) in [6, 6.07) is 17.2. The molecule has 0 radical (unpaired) electrons. The van der Waals surface area contributed by atoms with Crippen molar-refractivity contribution in [3.8, 4) is 6.07 Å². The first-order valence-electron chi connectivity index (χ1n) is 7.65. The molecular weight excluding hydrogens is 314 g/mol. The summed E-state index contributed by atoms with van der Waals surface area (Å²) in [5.41, 5.74) is 3.32. The van der Waals surface area contributed by atoms with E-state index >= 15 is 0 Å². The molecule has 0 aliphatic heterocycles. The van der Waals surface area contributed by atoms with E-state index in [0.717, 1.165) is 17.1 Å². The molecule has 0 aliphatic carbocycles. The summed E-state index contributed by atoms with van der Waals surface area (Å²) in [5.74, 6) is 0.927. The van der Waals surface area contributed by atoms with E-state index in [1.165, 1.54) is 6.20 Å². The predicted molar refractivity (Wildman–Crippen MR) is 98.3 cm³/mol. The minimum Gasteiger partial charge on any atom is -0.378 e. The summed E-state index contributed by atoms with van der Waals surface area (Å²) in [7, 11) is 3.98. The molecule has 0 saturated carbocycles. The molecule has 7 heteroatoms. The number of benzene rings is 2. The Hall–Kier alpha value is -3.66. The first-order chi connectivity index (χ1) is 12.1. The lowest BCUT2D eigenvalue weighted by molar-refractivity contribution is 0.982. The number of hydrogen-bond donors (Lipinski definition) is 2. The molecule has 2 N–H and O–H groups in total. The van der Waals surface area contributed by atoms with Gasteiger partial charge < -0.3 is 15.5 Å². The van der Waals surface area contributed by atoms with Gasteiger partial charge in [-0.2, -0.15) is 15.3 Å². The fourth-order valence-electron chi connectivity index (χ4n) is 2.20. The smallest absolute Gasteiger partial charge is 0.249 e. The number of nitrogens with zero attached hydrogens (tertiary/aromatic N) is 5. The van der Waals surface area contributed by atoms with Crippen molar-refractivity contribution in [2.24, 2.45) is 0 Å². The molecule has 0 bridgehead atoms. The molecule has 0 aliphatic rings. The zero-order valence-electron chi connectivity index (χ0n) is 13.9. The number of aromatic nitrogens is 3. The van der Waals surface area contributed by atoms with Gasteiger partial charge in [0.05, 0.1) is 17.8 Å². The van der Waals surface area contributed by atoms with Gasteiger partial charge in [0.15, 0.2) is 5.82 Å². The van der Waals surface area contributed by atoms with Crippen molar-refractivity contribution in [2.45, 2.75) is 0 Å². The van der Waals surface area contributed by atoms with E-state index < -0.39 is 0 Å². The normalized spacial score (nSPS) is 9.96. The van der Waals surface area contributed by atoms with Crippen molar-refractivity contribution in [3.63, 3.8) is 0 Å². The Labute approximate surface area is 146 Å². The van der Waals surface area contributed by atoms with Gasteiger partial charge in [-0.15, -0.1) is 5.10 Å². The van der Waals surface area contributed by atoms with Crippen molar-refractivity contribution < 1.29 is 0 Å². The lowest BCUT2D eigenvalue weighted by atomic mass is 10.2. The van der Waals surface area contributed by atoms with Crippen molar-refractivity contribution in [1.82, 2.24) is 15.2 Å². The van der Waals surface area contributed by atoms with Crippen LogP contribution >= 0.6 is 0 Å². The molecule has 3 rings (SSSR count). The van der Waals surface area contributed by atoms with E-state index in [4.69, 9.17) is 5.26 Å². The minimum absolute atomic E-state index is 0.388. The van der Waals surface area contributed by atoms with Crippen LogP contribution in [0.3, 0.4) is 0 Å². The molecule has 124 valence electrons. The molecule has 1 heterocycles. The van der Waals surface area contributed by atoms with Crippen LogP contribution in [-0.2, 0) is 0 Å². The van der Waals surface area contributed by atoms with Gasteiger partial charge in [0.1, 0.15) is 0 Å². The van der Waals surface area contributed by atoms with Crippen LogP contribution in [0.5, 0.6) is 0 Å². The third-order valence-corrected chi connectivity index (χ3v) is 3.46. The molecule has 2 aromatic carbocycles. The summed E-state index contributed by atoms with van der Waals surface area (Å²) < 4.78 is 0. The number of hydrogen-bond acceptors (Lipinski definition) is 7. The number of nitriles is 1. The highest BCUT2D eigenvalue weighted by Gasteiger charge is 2.03. The van der Waals surface area contributed by atoms with Crippen LogP contribution < -0.4 is 15.5 Å². The average Bonchev–Trinajstić information content (AvgIpc) is 2.62. The van der Waals surface area contributed by atoms with Crippen LogP contribution in [0, 0.1) is 11.3 Å². The highest BCUT2D eigenvalue weighted by Crippen LogP contribution is 2.19. The second kappa shape index (κ2) is 7.27. The Bertz CT molecular complexity index is 898. The van der Waals surface area contributed by atoms with Crippen LogP contribution in [0.4, 0.5) is 28.8 Å². The van der Waals surface area contributed by atoms with Crippen LogP contribution in [-0.4, -0.2) is 29.3 Å². The standard InChI is InChI=1S/C18H17N7/c1-25(2)16-8-6-14(7-9-16)22-18-23-17(12-20-24-18)21-15-5-3-4-13(10-15)11-19/h3-10,12H,1-2H3,(H2,21,22,23,24). The van der Waals surface area contributed by atoms with Gasteiger partial charge in [-0.05, 0) is 42.5 Å². The molecule has 25 heavy (non-hydrogen) atoms. The number of nitrogens with one attached hydrogen (secondary N) is 2. The summed E-state index contributed by atoms with van der Waals surface area (Å²) in [6.45, 7) is 0. The summed E-state index contributed by atoms with van der Waals surface area (Å²) in [6.07, 6.45) is 1.53. The highest BCUT2D eigenvalue weighted by atomic mass is 15.3. The Balaban J connectivity index is 1.73. The molecule has 0 spiro atoms. The number of rotatable bonds is 5. The Kier molecular flexibility index (Phi) is 4.72. The highest BCUT2D eigenvalue weighted by molar-refractivity contribution is 5.61. The first kappa shape index (κ1) is 16.2. The van der Waals surface area contributed by atoms with E-state index in [9.17, 15) is 0 Å². The van der Waals surface area contributed by atoms with Gasteiger partial charge in [0, 0.05) is 31.2 Å². The monoisotopic (exact) mass is 331 g/mol. The lowest BCUT2D eigenvalue weighted by Crippen LogP contribution is -2.08. The van der Waals surface area contributed by atoms with Crippen LogP contribution in [0.25, 0.3) is 0 Å². The molecule has 1 aromatic heterocycles. The molecular formula is C18H17N7. The maximum Gasteiger partial charge on any atom is 0.249 e. The summed E-state index contributed by atoms with van der Waals surface area (Å²) in [5, 5.41) is 23.1. The van der Waals surface area contributed by atoms with E-state index in [0.29, 0.717) is 17.3 Å². The second-order valence-electron chi connectivity index (χ2n) is 5.55. The lowest BCUT2D eigenvalue weighted by Gasteiger charge is -2.13. The Morgan fingerprint density at radius 3 is 2.52 bits per heavy atom. The van der Waals surface area contributed by atoms with E-state index in [1.54, 1.807) is 18.2 Å². The van der Waals surface area contributed by atoms with Crippen LogP contribution in [0.15, 0.2) is 54.7 Å². The maximum absolute atomic E-state index is 8.96. The topological polar surface area (TPSA) is 89.8 Å². The van der Waals surface area contributed by atoms with E-state index in [-0.39, 0.29) is 0 Å². The van der Waals surface area contributed by atoms with Crippen LogP contribution in [0.2, 0.25) is 0 Å². The van der Waals surface area contributed by atoms with Crippen molar-refractivity contribution in [2.75, 3.05) is 29.6 Å². The summed E-state index contributed by atoms with van der Waals surface area (Å²) >= 11 is 0. The van der Waals surface area contributed by atoms with Gasteiger partial charge in [-0.3, -0.25) is 0 Å². The Morgan fingerprint density at radius 2 is 1.80 bits per heavy atom. The molecule has 3 aromatic rings. The minimum atomic E-state index is 0.388. The van der Waals surface area contributed by atoms with Crippen molar-refractivity contribution >= 4 is 28.8 Å². The predicted octanol–water partition coefficient (Wildman–Crippen LogP) is 3.30. The fourth-order valence-corrected chi connectivity index (χ4v) is 2.20. The third kappa shape index (κ3) is 4.20. The van der Waals surface area contributed by atoms with E-state index in [1.807, 2.05) is 49.3 Å². The van der Waals surface area contributed by atoms with Gasteiger partial charge in [0.2, 0.25) is 5.95 Å². The van der Waals surface area contributed by atoms with Gasteiger partial charge >= 0.3 is 0 Å². The maximum atomic E-state index is 8.96. The summed E-state index contributed by atoms with van der Waals surface area (Å²) in [4.78, 5) is 6.42. The van der Waals surface area contributed by atoms with Gasteiger partial charge in [-0.25, -0.2) is 0 Å². The zero-order valence-corrected chi connectivity index (χ0v) is 13.9.